The van der Waals surface area contributed by atoms with Crippen LogP contribution in [0.3, 0.4) is 0 Å². The number of halogens is 2. The molecule has 0 bridgehead atoms. The molecule has 5 heteroatoms. The highest BCUT2D eigenvalue weighted by molar-refractivity contribution is 7.47. The van der Waals surface area contributed by atoms with Crippen LogP contribution < -0.4 is 5.46 Å². The van der Waals surface area contributed by atoms with Gasteiger partial charge in [-0.15, -0.1) is 5.46 Å². The summed E-state index contributed by atoms with van der Waals surface area (Å²) in [5.74, 6) is 0. The van der Waals surface area contributed by atoms with Crippen LogP contribution in [0.15, 0.2) is 35.3 Å². The monoisotopic (exact) mass is 364 g/mol. The van der Waals surface area contributed by atoms with Crippen molar-refractivity contribution in [2.45, 2.75) is 76.3 Å². The molecule has 0 radical (unpaired) electrons. The number of hydrogen-bond donors (Lipinski definition) is 0. The van der Waals surface area contributed by atoms with Gasteiger partial charge in [-0.25, -0.2) is 0 Å². The predicted molar refractivity (Wildman–Crippen MR) is 105 cm³/mol. The van der Waals surface area contributed by atoms with Crippen LogP contribution in [0.25, 0.3) is 0 Å². The number of rotatable bonds is 4. The van der Waals surface area contributed by atoms with Crippen LogP contribution in [0.1, 0.15) is 64.2 Å². The van der Waals surface area contributed by atoms with E-state index in [0.717, 1.165) is 18.3 Å². The largest absolute Gasteiger partial charge is 0.388 e. The Labute approximate surface area is 155 Å². The minimum atomic E-state index is -1.87. The molecule has 2 fully saturated rings. The molecule has 0 unspecified atom stereocenters. The van der Waals surface area contributed by atoms with Crippen LogP contribution in [-0.4, -0.2) is 27.7 Å². The Morgan fingerprint density at radius 2 is 1.46 bits per heavy atom. The second kappa shape index (κ2) is 8.56. The Balaban J connectivity index is 1.93. The van der Waals surface area contributed by atoms with Gasteiger partial charge in [0.05, 0.1) is 6.04 Å². The minimum Gasteiger partial charge on any atom is -0.379 e. The second-order valence-electron chi connectivity index (χ2n) is 7.26. The molecule has 2 saturated carbocycles. The molecule has 0 heterocycles. The maximum atomic E-state index is 6.91. The summed E-state index contributed by atoms with van der Waals surface area (Å²) in [4.78, 5) is 4.77. The Bertz CT molecular complexity index is 585. The van der Waals surface area contributed by atoms with Crippen molar-refractivity contribution in [3.05, 3.63) is 30.3 Å². The van der Waals surface area contributed by atoms with E-state index in [-0.39, 0.29) is 0 Å². The van der Waals surface area contributed by atoms with Crippen LogP contribution in [0.5, 0.6) is 0 Å². The van der Waals surface area contributed by atoms with Crippen molar-refractivity contribution in [1.82, 2.24) is 0 Å². The Morgan fingerprint density at radius 3 is 2.08 bits per heavy atom. The van der Waals surface area contributed by atoms with Gasteiger partial charge in [0, 0.05) is 0 Å². The highest BCUT2D eigenvalue weighted by Crippen LogP contribution is 2.27. The molecule has 0 atom stereocenters. The highest BCUT2D eigenvalue weighted by Gasteiger charge is 2.35. The van der Waals surface area contributed by atoms with E-state index in [0.29, 0.717) is 12.1 Å². The summed E-state index contributed by atoms with van der Waals surface area (Å²) in [6, 6.07) is 14.1. The van der Waals surface area contributed by atoms with Gasteiger partial charge in [-0.1, -0.05) is 43.2 Å². The van der Waals surface area contributed by atoms with Crippen molar-refractivity contribution in [2.24, 2.45) is 4.99 Å². The Kier molecular flexibility index (Phi) is 6.44. The molecule has 1 aromatic carbocycles. The maximum Gasteiger partial charge on any atom is 0.388 e. The van der Waals surface area contributed by atoms with E-state index in [9.17, 15) is 0 Å². The Morgan fingerprint density at radius 1 is 0.875 bits per heavy atom. The molecule has 0 saturated heterocycles. The Hall–Kier alpha value is -0.755. The summed E-state index contributed by atoms with van der Waals surface area (Å²) < 4.78 is 2.06. The van der Waals surface area contributed by atoms with Crippen LogP contribution in [-0.2, 0) is 0 Å². The lowest BCUT2D eigenvalue weighted by molar-refractivity contribution is -0.435. The van der Waals surface area contributed by atoms with Gasteiger partial charge in [-0.2, -0.15) is 0 Å². The minimum absolute atomic E-state index is 0.348. The third-order valence-electron chi connectivity index (χ3n) is 5.45. The lowest BCUT2D eigenvalue weighted by Crippen LogP contribution is -2.53. The summed E-state index contributed by atoms with van der Waals surface area (Å²) in [6.45, 7) is 0. The van der Waals surface area contributed by atoms with E-state index in [2.05, 4.69) is 10.5 Å². The van der Waals surface area contributed by atoms with Crippen molar-refractivity contribution in [3.8, 4) is 0 Å². The molecule has 3 rings (SSSR count). The van der Waals surface area contributed by atoms with E-state index < -0.39 is 5.11 Å². The molecule has 0 aliphatic heterocycles. The topological polar surface area (TPSA) is 15.4 Å². The summed E-state index contributed by atoms with van der Waals surface area (Å²) in [5.41, 5.74) is 0.956. The lowest BCUT2D eigenvalue weighted by atomic mass is 9.75. The molecule has 0 amide bonds. The third kappa shape index (κ3) is 4.45. The third-order valence-corrected chi connectivity index (χ3v) is 6.37. The summed E-state index contributed by atoms with van der Waals surface area (Å²) >= 11 is 13.8. The molecule has 0 spiro atoms. The fourth-order valence-electron chi connectivity index (χ4n) is 3.98. The molecule has 2 nitrogen and oxygen atoms in total. The van der Waals surface area contributed by atoms with Crippen molar-refractivity contribution < 1.29 is 4.49 Å². The SMILES string of the molecule is Cl[B-](Cl)(c1ccccc1)[N+](=C=NC1CCCCC1)C1CCCCC1. The number of hydrogen-bond acceptors (Lipinski definition) is 1. The predicted octanol–water partition coefficient (Wildman–Crippen LogP) is 5.16. The standard InChI is InChI=1S/C19H27BCl2N2/c21-20(22,17-10-4-1-5-11-17)24(19-14-8-3-9-15-19)16-23-18-12-6-2-7-13-18/h1,4-5,10-11,18-19H,2-3,6-9,12-15H2. The number of nitrogens with zero attached hydrogens (tertiary/aromatic N) is 2. The average molecular weight is 365 g/mol. The van der Waals surface area contributed by atoms with E-state index in [1.165, 1.54) is 51.4 Å². The van der Waals surface area contributed by atoms with Crippen LogP contribution in [0.2, 0.25) is 0 Å². The summed E-state index contributed by atoms with van der Waals surface area (Å²) in [5, 5.41) is -1.87. The van der Waals surface area contributed by atoms with Crippen molar-refractivity contribution in [2.75, 3.05) is 0 Å². The van der Waals surface area contributed by atoms with Crippen LogP contribution in [0.4, 0.5) is 0 Å². The van der Waals surface area contributed by atoms with Crippen molar-refractivity contribution in [3.63, 3.8) is 0 Å². The van der Waals surface area contributed by atoms with E-state index in [4.69, 9.17) is 27.9 Å². The fraction of sp³-hybridized carbons (Fsp3) is 0.632. The van der Waals surface area contributed by atoms with Crippen LogP contribution >= 0.6 is 22.9 Å². The molecular formula is C19H27BCl2N2. The van der Waals surface area contributed by atoms with Gasteiger partial charge >= 0.3 is 5.11 Å². The first kappa shape index (κ1) is 18.0. The number of aliphatic imine (C=N–C) groups is 1. The fourth-order valence-corrected chi connectivity index (χ4v) is 4.68. The maximum absolute atomic E-state index is 6.91. The smallest absolute Gasteiger partial charge is 0.379 e. The van der Waals surface area contributed by atoms with Crippen molar-refractivity contribution >= 4 is 39.5 Å². The zero-order chi connectivity index (χ0) is 16.8. The van der Waals surface area contributed by atoms with E-state index in [1.54, 1.807) is 0 Å². The highest BCUT2D eigenvalue weighted by atomic mass is 35.5. The first-order chi connectivity index (χ1) is 11.7. The number of benzene rings is 1. The summed E-state index contributed by atoms with van der Waals surface area (Å²) in [7, 11) is 0. The van der Waals surface area contributed by atoms with Gasteiger partial charge in [0.2, 0.25) is 0 Å². The molecule has 0 aromatic heterocycles. The molecular weight excluding hydrogens is 338 g/mol. The molecule has 2 aliphatic carbocycles. The van der Waals surface area contributed by atoms with Gasteiger partial charge in [0.25, 0.3) is 6.01 Å². The van der Waals surface area contributed by atoms with Gasteiger partial charge in [0.1, 0.15) is 0 Å². The van der Waals surface area contributed by atoms with Crippen LogP contribution in [0, 0.1) is 0 Å². The molecule has 130 valence electrons. The summed E-state index contributed by atoms with van der Waals surface area (Å²) in [6.07, 6.45) is 12.3. The lowest BCUT2D eigenvalue weighted by Gasteiger charge is -2.35. The van der Waals surface area contributed by atoms with E-state index in [1.807, 2.05) is 30.3 Å². The zero-order valence-corrected chi connectivity index (χ0v) is 15.9. The molecule has 0 N–H and O–H groups in total. The normalized spacial score (nSPS) is 20.4. The molecule has 2 aliphatic rings. The van der Waals surface area contributed by atoms with Gasteiger partial charge in [0.15, 0.2) is 6.04 Å². The zero-order valence-electron chi connectivity index (χ0n) is 14.3. The van der Waals surface area contributed by atoms with Gasteiger partial charge < -0.3 is 27.4 Å². The quantitative estimate of drug-likeness (QED) is 0.517. The first-order valence-electron chi connectivity index (χ1n) is 9.49. The van der Waals surface area contributed by atoms with Gasteiger partial charge in [-0.3, -0.25) is 0 Å². The second-order valence-corrected chi connectivity index (χ2v) is 8.74. The molecule has 24 heavy (non-hydrogen) atoms. The van der Waals surface area contributed by atoms with E-state index >= 15 is 0 Å². The first-order valence-corrected chi connectivity index (χ1v) is 10.4. The average Bonchev–Trinajstić information content (AvgIpc) is 2.64. The van der Waals surface area contributed by atoms with Gasteiger partial charge in [-0.05, 0) is 56.4 Å². The van der Waals surface area contributed by atoms with Crippen molar-refractivity contribution in [1.29, 1.82) is 0 Å². The molecule has 1 aromatic rings.